The summed E-state index contributed by atoms with van der Waals surface area (Å²) in [6, 6.07) is 35.5. The standard InChI is InChI=1S/C13H12.C12H9F.C2H5F.CF3O2S.CH4.Ag.O.H2S/c1-11-7-9-13(10-8-11)12-5-3-2-4-6-12;13-12-8-6-11(7-9-12)10-4-2-1-3-5-10;1-2-3;2-1(3,4)7(5)6;;;;/h2-10H,1H3;1-9H;2H2,1H3;;1H4;;;1H2/q;;;-1;;;;. The second-order valence-corrected chi connectivity index (χ2v) is 7.99. The Morgan fingerprint density at radius 1 is 0.650 bits per heavy atom. The van der Waals surface area contributed by atoms with E-state index >= 15 is 0 Å². The summed E-state index contributed by atoms with van der Waals surface area (Å²) in [4.78, 5) is 0. The summed E-state index contributed by atoms with van der Waals surface area (Å²) in [5.41, 5.74) is 0.942. The van der Waals surface area contributed by atoms with Gasteiger partial charge in [-0.25, -0.2) is 4.39 Å². The van der Waals surface area contributed by atoms with Crippen molar-refractivity contribution in [2.24, 2.45) is 0 Å². The van der Waals surface area contributed by atoms with Crippen molar-refractivity contribution < 1.29 is 54.7 Å². The Morgan fingerprint density at radius 2 is 0.900 bits per heavy atom. The molecule has 0 radical (unpaired) electrons. The molecule has 0 bridgehead atoms. The van der Waals surface area contributed by atoms with Crippen LogP contribution in [-0.4, -0.2) is 12.2 Å². The summed E-state index contributed by atoms with van der Waals surface area (Å²) >= 11 is 1.70. The van der Waals surface area contributed by atoms with E-state index in [0.717, 1.165) is 11.1 Å². The van der Waals surface area contributed by atoms with Crippen LogP contribution in [0.25, 0.3) is 22.3 Å². The second-order valence-electron chi connectivity index (χ2n) is 7.05. The minimum absolute atomic E-state index is 0. The average Bonchev–Trinajstić information content (AvgIpc) is 2.92. The van der Waals surface area contributed by atoms with Gasteiger partial charge < -0.3 is 8.42 Å². The first-order valence-corrected chi connectivity index (χ1v) is 12.5. The number of hydrogen-bond donors (Lipinski definition) is 0. The molecule has 0 aliphatic heterocycles. The van der Waals surface area contributed by atoms with Crippen LogP contribution in [0.15, 0.2) is 109 Å². The van der Waals surface area contributed by atoms with Crippen molar-refractivity contribution in [1.29, 1.82) is 0 Å². The Morgan fingerprint density at radius 3 is 1.18 bits per heavy atom. The third-order valence-electron chi connectivity index (χ3n) is 4.30. The summed E-state index contributed by atoms with van der Waals surface area (Å²) in [5.74, 6) is -0.195. The number of halogens is 5. The molecular formula is C29H32AgF5O3S2-. The topological polar surface area (TPSA) is 51.2 Å². The molecule has 3 nitrogen and oxygen atoms in total. The van der Waals surface area contributed by atoms with Gasteiger partial charge in [0.15, 0.2) is 0 Å². The Hall–Kier alpha value is -2.63. The van der Waals surface area contributed by atoms with Crippen LogP contribution in [0, 0.1) is 12.7 Å². The van der Waals surface area contributed by atoms with Crippen LogP contribution in [0.1, 0.15) is 19.9 Å². The van der Waals surface area contributed by atoms with E-state index in [-0.39, 0.29) is 33.4 Å². The maximum absolute atomic E-state index is 12.6. The van der Waals surface area contributed by atoms with Gasteiger partial charge in [-0.2, -0.15) is 26.7 Å². The zero-order chi connectivity index (χ0) is 29.0. The minimum atomic E-state index is -5.08. The van der Waals surface area contributed by atoms with Crippen LogP contribution >= 0.6 is 13.5 Å². The zero-order valence-corrected chi connectivity index (χ0v) is 24.2. The van der Waals surface area contributed by atoms with Gasteiger partial charge in [0.1, 0.15) is 5.82 Å². The molecule has 0 aromatic heterocycles. The molecule has 0 saturated carbocycles. The van der Waals surface area contributed by atoms with Crippen molar-refractivity contribution in [2.75, 3.05) is 6.67 Å². The first kappa shape index (κ1) is 41.8. The second kappa shape index (κ2) is 24.2. The van der Waals surface area contributed by atoms with E-state index in [1.165, 1.54) is 35.7 Å². The summed E-state index contributed by atoms with van der Waals surface area (Å²) in [5, 5.41) is 0. The van der Waals surface area contributed by atoms with E-state index in [0.29, 0.717) is 0 Å². The monoisotopic (exact) mass is 694 g/mol. The molecule has 0 heterocycles. The number of benzene rings is 4. The van der Waals surface area contributed by atoms with Gasteiger partial charge in [0.2, 0.25) is 0 Å². The van der Waals surface area contributed by atoms with E-state index in [9.17, 15) is 22.0 Å². The molecule has 0 fully saturated rings. The van der Waals surface area contributed by atoms with Gasteiger partial charge in [-0.3, -0.25) is 4.39 Å². The van der Waals surface area contributed by atoms with E-state index in [2.05, 4.69) is 55.5 Å². The molecule has 40 heavy (non-hydrogen) atoms. The predicted molar refractivity (Wildman–Crippen MR) is 153 cm³/mol. The molecule has 225 valence electrons. The van der Waals surface area contributed by atoms with E-state index in [1.54, 1.807) is 33.2 Å². The fourth-order valence-corrected chi connectivity index (χ4v) is 2.65. The van der Waals surface area contributed by atoms with Crippen LogP contribution in [0.5, 0.6) is 0 Å². The van der Waals surface area contributed by atoms with Crippen molar-refractivity contribution in [1.82, 2.24) is 0 Å². The SMILES string of the molecule is C.CCF.Cc1ccc(-c2ccccc2)cc1.Fc1ccc(-c2ccccc2)cc1.O=[S-](=O)C(F)(F)F.S.[O]=[Ag]. The number of hydrogen-bond acceptors (Lipinski definition) is 4. The molecule has 0 aliphatic rings. The van der Waals surface area contributed by atoms with Gasteiger partial charge in [0.05, 0.1) is 6.67 Å². The fourth-order valence-electron chi connectivity index (χ4n) is 2.65. The number of alkyl halides is 4. The van der Waals surface area contributed by atoms with Crippen LogP contribution in [0.4, 0.5) is 22.0 Å². The molecule has 0 amide bonds. The Balaban J connectivity index is -0.000000481. The number of rotatable bonds is 2. The summed E-state index contributed by atoms with van der Waals surface area (Å²) in [7, 11) is -3.93. The fraction of sp³-hybridized carbons (Fsp3) is 0.172. The molecule has 4 rings (SSSR count). The molecule has 0 atom stereocenters. The maximum atomic E-state index is 12.6. The van der Waals surface area contributed by atoms with Crippen molar-refractivity contribution in [3.63, 3.8) is 0 Å². The van der Waals surface area contributed by atoms with Gasteiger partial charge in [0, 0.05) is 10.7 Å². The summed E-state index contributed by atoms with van der Waals surface area (Å²) < 4.78 is 80.4. The summed E-state index contributed by atoms with van der Waals surface area (Å²) in [6.45, 7) is 3.31. The van der Waals surface area contributed by atoms with Crippen molar-refractivity contribution in [3.8, 4) is 22.3 Å². The van der Waals surface area contributed by atoms with Gasteiger partial charge in [-0.05, 0) is 48.2 Å². The van der Waals surface area contributed by atoms with Crippen LogP contribution in [0.2, 0.25) is 0 Å². The molecule has 11 heteroatoms. The van der Waals surface area contributed by atoms with Crippen molar-refractivity contribution in [3.05, 3.63) is 121 Å². The third-order valence-corrected chi connectivity index (χ3v) is 4.68. The van der Waals surface area contributed by atoms with Crippen molar-refractivity contribution >= 4 is 24.2 Å². The van der Waals surface area contributed by atoms with Gasteiger partial charge in [-0.1, -0.05) is 110 Å². The van der Waals surface area contributed by atoms with E-state index < -0.39 is 16.2 Å². The van der Waals surface area contributed by atoms with Crippen LogP contribution < -0.4 is 0 Å². The molecule has 0 unspecified atom stereocenters. The Labute approximate surface area is 254 Å². The quantitative estimate of drug-likeness (QED) is 0.119. The van der Waals surface area contributed by atoms with Crippen LogP contribution in [0.3, 0.4) is 0 Å². The van der Waals surface area contributed by atoms with Crippen molar-refractivity contribution in [2.45, 2.75) is 26.8 Å². The zero-order valence-electron chi connectivity index (χ0n) is 20.9. The molecular weight excluding hydrogens is 663 g/mol. The first-order valence-electron chi connectivity index (χ1n) is 10.9. The Kier molecular flexibility index (Phi) is 25.3. The predicted octanol–water partition coefficient (Wildman–Crippen LogP) is 9.57. The molecule has 0 saturated heterocycles. The van der Waals surface area contributed by atoms with Gasteiger partial charge in [0.25, 0.3) is 0 Å². The van der Waals surface area contributed by atoms with E-state index in [1.807, 2.05) is 36.4 Å². The van der Waals surface area contributed by atoms with Gasteiger partial charge >= 0.3 is 29.8 Å². The Bertz CT molecular complexity index is 1130. The molecule has 0 N–H and O–H groups in total. The number of aryl methyl sites for hydroxylation is 1. The molecule has 0 aliphatic carbocycles. The summed E-state index contributed by atoms with van der Waals surface area (Å²) in [6.07, 6.45) is 0. The molecule has 4 aromatic carbocycles. The van der Waals surface area contributed by atoms with Gasteiger partial charge in [-0.15, -0.1) is 0 Å². The van der Waals surface area contributed by atoms with Crippen LogP contribution in [-0.2, 0) is 43.4 Å². The molecule has 0 spiro atoms. The molecule has 4 aromatic rings. The first-order chi connectivity index (χ1) is 18.1. The van der Waals surface area contributed by atoms with E-state index in [4.69, 9.17) is 11.7 Å². The normalized spacial score (nSPS) is 9.25. The third kappa shape index (κ3) is 18.6. The average molecular weight is 696 g/mol.